The molecule has 5 heteroatoms. The Kier molecular flexibility index (Phi) is 5.46. The van der Waals surface area contributed by atoms with Crippen molar-refractivity contribution in [1.82, 2.24) is 0 Å². The Bertz CT molecular complexity index is 680. The van der Waals surface area contributed by atoms with Gasteiger partial charge in [0, 0.05) is 17.8 Å². The molecule has 2 aromatic carbocycles. The van der Waals surface area contributed by atoms with Gasteiger partial charge >= 0.3 is 0 Å². The van der Waals surface area contributed by atoms with Crippen LogP contribution in [0.2, 0.25) is 0 Å². The number of carbonyl (C=O) groups excluding carboxylic acids is 1. The topological polar surface area (TPSA) is 56.8 Å². The molecular formula is C18H21NO4. The highest BCUT2D eigenvalue weighted by Crippen LogP contribution is 2.34. The lowest BCUT2D eigenvalue weighted by molar-refractivity contribution is 0.102. The smallest absolute Gasteiger partial charge is 0.259 e. The van der Waals surface area contributed by atoms with Gasteiger partial charge in [-0.2, -0.15) is 0 Å². The molecule has 0 aromatic heterocycles. The van der Waals surface area contributed by atoms with Gasteiger partial charge in [-0.05, 0) is 24.1 Å². The van der Waals surface area contributed by atoms with Crippen molar-refractivity contribution in [2.24, 2.45) is 0 Å². The van der Waals surface area contributed by atoms with Crippen LogP contribution in [0.4, 0.5) is 5.69 Å². The van der Waals surface area contributed by atoms with Crippen LogP contribution in [0.3, 0.4) is 0 Å². The summed E-state index contributed by atoms with van der Waals surface area (Å²) in [7, 11) is 4.57. The van der Waals surface area contributed by atoms with Gasteiger partial charge in [0.15, 0.2) is 11.5 Å². The Hall–Kier alpha value is -2.69. The number of hydrogen-bond donors (Lipinski definition) is 1. The summed E-state index contributed by atoms with van der Waals surface area (Å²) in [4.78, 5) is 12.5. The quantitative estimate of drug-likeness (QED) is 0.886. The maximum atomic E-state index is 12.5. The van der Waals surface area contributed by atoms with Gasteiger partial charge in [-0.3, -0.25) is 4.79 Å². The molecule has 5 nitrogen and oxygen atoms in total. The molecule has 1 N–H and O–H groups in total. The molecule has 23 heavy (non-hydrogen) atoms. The van der Waals surface area contributed by atoms with Crippen molar-refractivity contribution < 1.29 is 19.0 Å². The van der Waals surface area contributed by atoms with Crippen LogP contribution in [0.1, 0.15) is 22.8 Å². The van der Waals surface area contributed by atoms with Gasteiger partial charge in [0.25, 0.3) is 5.91 Å². The third kappa shape index (κ3) is 3.74. The Morgan fingerprint density at radius 1 is 0.913 bits per heavy atom. The van der Waals surface area contributed by atoms with E-state index in [0.29, 0.717) is 22.8 Å². The first-order valence-corrected chi connectivity index (χ1v) is 7.33. The van der Waals surface area contributed by atoms with E-state index < -0.39 is 0 Å². The maximum Gasteiger partial charge on any atom is 0.259 e. The zero-order valence-electron chi connectivity index (χ0n) is 13.8. The first kappa shape index (κ1) is 16.7. The lowest BCUT2D eigenvalue weighted by atomic mass is 10.1. The number of rotatable bonds is 6. The minimum absolute atomic E-state index is 0.271. The maximum absolute atomic E-state index is 12.5. The van der Waals surface area contributed by atoms with E-state index in [1.165, 1.54) is 26.9 Å². The lowest BCUT2D eigenvalue weighted by Crippen LogP contribution is -2.13. The molecule has 0 bridgehead atoms. The van der Waals surface area contributed by atoms with Crippen LogP contribution < -0.4 is 19.5 Å². The molecule has 2 aromatic rings. The number of ether oxygens (including phenoxy) is 3. The second-order valence-electron chi connectivity index (χ2n) is 4.91. The number of amides is 1. The Morgan fingerprint density at radius 2 is 1.48 bits per heavy atom. The first-order valence-electron chi connectivity index (χ1n) is 7.33. The molecule has 0 aliphatic carbocycles. The van der Waals surface area contributed by atoms with Crippen LogP contribution in [-0.2, 0) is 6.42 Å². The highest BCUT2D eigenvalue weighted by atomic mass is 16.5. The summed E-state index contributed by atoms with van der Waals surface area (Å²) in [6.45, 7) is 2.09. The Balaban J connectivity index is 2.29. The van der Waals surface area contributed by atoms with Crippen molar-refractivity contribution in [3.05, 3.63) is 47.5 Å². The highest BCUT2D eigenvalue weighted by Gasteiger charge is 2.17. The highest BCUT2D eigenvalue weighted by molar-refractivity contribution is 6.06. The van der Waals surface area contributed by atoms with E-state index in [2.05, 4.69) is 12.2 Å². The number of aryl methyl sites for hydroxylation is 1. The van der Waals surface area contributed by atoms with Gasteiger partial charge in [-0.1, -0.05) is 19.1 Å². The number of carbonyl (C=O) groups is 1. The number of methoxy groups -OCH3 is 3. The minimum Gasteiger partial charge on any atom is -0.496 e. The van der Waals surface area contributed by atoms with E-state index >= 15 is 0 Å². The summed E-state index contributed by atoms with van der Waals surface area (Å²) >= 11 is 0. The fourth-order valence-electron chi connectivity index (χ4n) is 2.23. The van der Waals surface area contributed by atoms with Crippen LogP contribution in [0.25, 0.3) is 0 Å². The lowest BCUT2D eigenvalue weighted by Gasteiger charge is -2.14. The van der Waals surface area contributed by atoms with Crippen LogP contribution in [0, 0.1) is 0 Å². The van der Waals surface area contributed by atoms with Crippen molar-refractivity contribution in [2.45, 2.75) is 13.3 Å². The molecule has 0 aliphatic rings. The predicted molar refractivity (Wildman–Crippen MR) is 89.9 cm³/mol. The Labute approximate surface area is 136 Å². The number of benzene rings is 2. The summed E-state index contributed by atoms with van der Waals surface area (Å²) in [5.41, 5.74) is 2.32. The molecule has 0 saturated heterocycles. The molecule has 0 radical (unpaired) electrons. The van der Waals surface area contributed by atoms with E-state index in [-0.39, 0.29) is 5.91 Å². The summed E-state index contributed by atoms with van der Waals surface area (Å²) < 4.78 is 15.8. The minimum atomic E-state index is -0.271. The molecule has 2 rings (SSSR count). The fourth-order valence-corrected chi connectivity index (χ4v) is 2.23. The third-order valence-electron chi connectivity index (χ3n) is 3.57. The van der Waals surface area contributed by atoms with Crippen LogP contribution in [0.15, 0.2) is 36.4 Å². The number of nitrogens with one attached hydrogen (secondary N) is 1. The van der Waals surface area contributed by atoms with E-state index in [4.69, 9.17) is 14.2 Å². The molecular weight excluding hydrogens is 294 g/mol. The largest absolute Gasteiger partial charge is 0.496 e. The summed E-state index contributed by atoms with van der Waals surface area (Å²) in [6.07, 6.45) is 0.956. The van der Waals surface area contributed by atoms with Gasteiger partial charge < -0.3 is 19.5 Å². The van der Waals surface area contributed by atoms with E-state index in [1.807, 2.05) is 24.3 Å². The molecule has 0 spiro atoms. The molecule has 0 unspecified atom stereocenters. The molecule has 0 atom stereocenters. The normalized spacial score (nSPS) is 10.1. The van der Waals surface area contributed by atoms with Gasteiger partial charge in [0.1, 0.15) is 5.75 Å². The SMILES string of the molecule is CCc1ccc(NC(=O)c2cc(OC)c(OC)cc2OC)cc1. The van der Waals surface area contributed by atoms with Crippen molar-refractivity contribution in [2.75, 3.05) is 26.6 Å². The standard InChI is InChI=1S/C18H21NO4/c1-5-12-6-8-13(9-7-12)19-18(20)14-10-16(22-3)17(23-4)11-15(14)21-2/h6-11H,5H2,1-4H3,(H,19,20). The summed E-state index contributed by atoms with van der Waals surface area (Å²) in [5.74, 6) is 1.13. The van der Waals surface area contributed by atoms with E-state index in [0.717, 1.165) is 12.1 Å². The van der Waals surface area contributed by atoms with Gasteiger partial charge in [-0.15, -0.1) is 0 Å². The van der Waals surface area contributed by atoms with Crippen LogP contribution >= 0.6 is 0 Å². The fraction of sp³-hybridized carbons (Fsp3) is 0.278. The van der Waals surface area contributed by atoms with Gasteiger partial charge in [0.2, 0.25) is 0 Å². The third-order valence-corrected chi connectivity index (χ3v) is 3.57. The average Bonchev–Trinajstić information content (AvgIpc) is 2.60. The second-order valence-corrected chi connectivity index (χ2v) is 4.91. The number of anilines is 1. The first-order chi connectivity index (χ1) is 11.1. The number of hydrogen-bond acceptors (Lipinski definition) is 4. The molecule has 122 valence electrons. The van der Waals surface area contributed by atoms with Crippen molar-refractivity contribution in [1.29, 1.82) is 0 Å². The summed E-state index contributed by atoms with van der Waals surface area (Å²) in [5, 5.41) is 2.86. The molecule has 1 amide bonds. The Morgan fingerprint density at radius 3 is 2.00 bits per heavy atom. The van der Waals surface area contributed by atoms with Crippen LogP contribution in [0.5, 0.6) is 17.2 Å². The monoisotopic (exact) mass is 315 g/mol. The molecule has 0 aliphatic heterocycles. The van der Waals surface area contributed by atoms with Crippen molar-refractivity contribution in [3.8, 4) is 17.2 Å². The predicted octanol–water partition coefficient (Wildman–Crippen LogP) is 3.53. The van der Waals surface area contributed by atoms with Crippen LogP contribution in [-0.4, -0.2) is 27.2 Å². The second kappa shape index (κ2) is 7.54. The molecule has 0 saturated carbocycles. The van der Waals surface area contributed by atoms with E-state index in [1.54, 1.807) is 12.1 Å². The van der Waals surface area contributed by atoms with Gasteiger partial charge in [-0.25, -0.2) is 0 Å². The summed E-state index contributed by atoms with van der Waals surface area (Å²) in [6, 6.07) is 11.0. The zero-order valence-corrected chi connectivity index (χ0v) is 13.8. The van der Waals surface area contributed by atoms with E-state index in [9.17, 15) is 4.79 Å². The molecule has 0 heterocycles. The van der Waals surface area contributed by atoms with Gasteiger partial charge in [0.05, 0.1) is 26.9 Å². The average molecular weight is 315 g/mol. The molecule has 0 fully saturated rings. The van der Waals surface area contributed by atoms with Crippen molar-refractivity contribution >= 4 is 11.6 Å². The zero-order chi connectivity index (χ0) is 16.8. The van der Waals surface area contributed by atoms with Crippen molar-refractivity contribution in [3.63, 3.8) is 0 Å².